The van der Waals surface area contributed by atoms with Crippen LogP contribution in [0, 0.1) is 11.8 Å². The highest BCUT2D eigenvalue weighted by atomic mass is 16.6. The van der Waals surface area contributed by atoms with E-state index in [1.165, 1.54) is 0 Å². The molecule has 0 radical (unpaired) electrons. The molecule has 0 saturated carbocycles. The zero-order chi connectivity index (χ0) is 22.9. The molecule has 0 spiro atoms. The summed E-state index contributed by atoms with van der Waals surface area (Å²) in [5, 5.41) is 0. The Bertz CT molecular complexity index is 697. The van der Waals surface area contributed by atoms with Gasteiger partial charge in [0, 0.05) is 6.42 Å². The maximum atomic E-state index is 12.7. The van der Waals surface area contributed by atoms with Gasteiger partial charge in [-0.1, -0.05) is 37.3 Å². The van der Waals surface area contributed by atoms with E-state index < -0.39 is 29.1 Å². The van der Waals surface area contributed by atoms with Crippen molar-refractivity contribution in [1.29, 1.82) is 0 Å². The third-order valence-corrected chi connectivity index (χ3v) is 4.01. The molecule has 6 nitrogen and oxygen atoms in total. The molecule has 168 valence electrons. The van der Waals surface area contributed by atoms with Gasteiger partial charge in [-0.3, -0.25) is 14.4 Å². The van der Waals surface area contributed by atoms with E-state index in [2.05, 4.69) is 0 Å². The number of esters is 3. The molecule has 6 heteroatoms. The summed E-state index contributed by atoms with van der Waals surface area (Å²) in [7, 11) is 0. The maximum absolute atomic E-state index is 12.7. The van der Waals surface area contributed by atoms with Gasteiger partial charge < -0.3 is 14.2 Å². The lowest BCUT2D eigenvalue weighted by Gasteiger charge is -2.24. The molecule has 1 rings (SSSR count). The fourth-order valence-electron chi connectivity index (χ4n) is 2.93. The number of hydrogen-bond acceptors (Lipinski definition) is 6. The van der Waals surface area contributed by atoms with Gasteiger partial charge in [0.25, 0.3) is 0 Å². The van der Waals surface area contributed by atoms with Crippen LogP contribution in [0.3, 0.4) is 0 Å². The van der Waals surface area contributed by atoms with Crippen molar-refractivity contribution < 1.29 is 28.6 Å². The van der Waals surface area contributed by atoms with Crippen LogP contribution >= 0.6 is 0 Å². The third kappa shape index (κ3) is 11.6. The largest absolute Gasteiger partial charge is 0.461 e. The van der Waals surface area contributed by atoms with Gasteiger partial charge in [-0.15, -0.1) is 0 Å². The van der Waals surface area contributed by atoms with Gasteiger partial charge >= 0.3 is 17.9 Å². The standard InChI is InChI=1S/C24H36O6/c1-17(14-20(25)29-23(2,3)4)13-19(15-21(26)30-24(5,6)7)22(27)28-16-18-11-9-8-10-12-18/h8-12,17,19H,13-16H2,1-7H3/t17-,19?/m1/s1. The lowest BCUT2D eigenvalue weighted by Crippen LogP contribution is -2.30. The van der Waals surface area contributed by atoms with Gasteiger partial charge in [0.05, 0.1) is 12.3 Å². The van der Waals surface area contributed by atoms with Crippen LogP contribution < -0.4 is 0 Å². The van der Waals surface area contributed by atoms with Crippen molar-refractivity contribution in [2.75, 3.05) is 0 Å². The van der Waals surface area contributed by atoms with Crippen LogP contribution in [-0.4, -0.2) is 29.1 Å². The van der Waals surface area contributed by atoms with Gasteiger partial charge in [-0.25, -0.2) is 0 Å². The highest BCUT2D eigenvalue weighted by Gasteiger charge is 2.29. The smallest absolute Gasteiger partial charge is 0.309 e. The second-order valence-corrected chi connectivity index (χ2v) is 9.71. The van der Waals surface area contributed by atoms with Gasteiger partial charge in [0.2, 0.25) is 0 Å². The van der Waals surface area contributed by atoms with Gasteiger partial charge in [0.1, 0.15) is 17.8 Å². The minimum atomic E-state index is -0.694. The molecule has 0 N–H and O–H groups in total. The lowest BCUT2D eigenvalue weighted by atomic mass is 9.91. The topological polar surface area (TPSA) is 78.9 Å². The van der Waals surface area contributed by atoms with E-state index in [0.717, 1.165) is 5.56 Å². The Morgan fingerprint density at radius 2 is 1.33 bits per heavy atom. The van der Waals surface area contributed by atoms with E-state index in [1.54, 1.807) is 20.8 Å². The Kier molecular flexibility index (Phi) is 9.53. The van der Waals surface area contributed by atoms with E-state index in [0.29, 0.717) is 6.42 Å². The van der Waals surface area contributed by atoms with E-state index in [-0.39, 0.29) is 31.3 Å². The van der Waals surface area contributed by atoms with Crippen LogP contribution in [0.4, 0.5) is 0 Å². The fraction of sp³-hybridized carbons (Fsp3) is 0.625. The summed E-state index contributed by atoms with van der Waals surface area (Å²) in [6.07, 6.45) is 0.393. The van der Waals surface area contributed by atoms with Gasteiger partial charge in [0.15, 0.2) is 0 Å². The van der Waals surface area contributed by atoms with Crippen molar-refractivity contribution in [3.8, 4) is 0 Å². The first-order valence-corrected chi connectivity index (χ1v) is 10.4. The lowest BCUT2D eigenvalue weighted by molar-refractivity contribution is -0.163. The highest BCUT2D eigenvalue weighted by Crippen LogP contribution is 2.24. The second-order valence-electron chi connectivity index (χ2n) is 9.71. The first kappa shape index (κ1) is 25.7. The second kappa shape index (κ2) is 11.1. The SMILES string of the molecule is C[C@@H](CC(=O)OC(C)(C)C)CC(CC(=O)OC(C)(C)C)C(=O)OCc1ccccc1. The number of carbonyl (C=O) groups excluding carboxylic acids is 3. The van der Waals surface area contributed by atoms with Gasteiger partial charge in [-0.05, 0) is 59.4 Å². The molecule has 1 aromatic carbocycles. The number of rotatable bonds is 9. The molecule has 0 aliphatic rings. The minimum Gasteiger partial charge on any atom is -0.461 e. The summed E-state index contributed by atoms with van der Waals surface area (Å²) in [4.78, 5) is 37.2. The molecule has 30 heavy (non-hydrogen) atoms. The fourth-order valence-corrected chi connectivity index (χ4v) is 2.93. The summed E-state index contributed by atoms with van der Waals surface area (Å²) < 4.78 is 16.2. The molecule has 0 heterocycles. The molecular formula is C24H36O6. The quantitative estimate of drug-likeness (QED) is 0.420. The van der Waals surface area contributed by atoms with E-state index in [4.69, 9.17) is 14.2 Å². The monoisotopic (exact) mass is 420 g/mol. The molecule has 0 amide bonds. The molecule has 0 aromatic heterocycles. The van der Waals surface area contributed by atoms with Crippen molar-refractivity contribution >= 4 is 17.9 Å². The Balaban J connectivity index is 2.76. The van der Waals surface area contributed by atoms with E-state index in [1.807, 2.05) is 58.0 Å². The minimum absolute atomic E-state index is 0.0937. The first-order valence-electron chi connectivity index (χ1n) is 10.4. The molecule has 0 aliphatic heterocycles. The molecule has 0 saturated heterocycles. The average molecular weight is 421 g/mol. The average Bonchev–Trinajstić information content (AvgIpc) is 2.56. The number of ether oxygens (including phenoxy) is 3. The number of carbonyl (C=O) groups is 3. The molecule has 2 atom stereocenters. The van der Waals surface area contributed by atoms with Crippen molar-refractivity contribution in [1.82, 2.24) is 0 Å². The molecule has 1 unspecified atom stereocenters. The van der Waals surface area contributed by atoms with Crippen LogP contribution in [0.1, 0.15) is 73.3 Å². The summed E-state index contributed by atoms with van der Waals surface area (Å²) in [5.41, 5.74) is -0.345. The number of hydrogen-bond donors (Lipinski definition) is 0. The number of benzene rings is 1. The summed E-state index contributed by atoms with van der Waals surface area (Å²) in [6, 6.07) is 9.34. The predicted octanol–water partition coefficient (Wildman–Crippen LogP) is 4.84. The van der Waals surface area contributed by atoms with Crippen molar-refractivity contribution in [3.63, 3.8) is 0 Å². The molecule has 0 aliphatic carbocycles. The summed E-state index contributed by atoms with van der Waals surface area (Å²) in [6.45, 7) is 12.7. The third-order valence-electron chi connectivity index (χ3n) is 4.01. The Morgan fingerprint density at radius 1 is 0.833 bits per heavy atom. The molecule has 0 fully saturated rings. The van der Waals surface area contributed by atoms with Crippen molar-refractivity contribution in [2.45, 2.75) is 85.5 Å². The molecule has 0 bridgehead atoms. The van der Waals surface area contributed by atoms with Crippen molar-refractivity contribution in [3.05, 3.63) is 35.9 Å². The predicted molar refractivity (Wildman–Crippen MR) is 114 cm³/mol. The maximum Gasteiger partial charge on any atom is 0.309 e. The van der Waals surface area contributed by atoms with Crippen LogP contribution in [-0.2, 0) is 35.2 Å². The Hall–Kier alpha value is -2.37. The van der Waals surface area contributed by atoms with E-state index in [9.17, 15) is 14.4 Å². The zero-order valence-corrected chi connectivity index (χ0v) is 19.3. The highest BCUT2D eigenvalue weighted by molar-refractivity contribution is 5.80. The normalized spacial score (nSPS) is 13.8. The van der Waals surface area contributed by atoms with Gasteiger partial charge in [-0.2, -0.15) is 0 Å². The summed E-state index contributed by atoms with van der Waals surface area (Å²) >= 11 is 0. The zero-order valence-electron chi connectivity index (χ0n) is 19.3. The van der Waals surface area contributed by atoms with Crippen LogP contribution in [0.5, 0.6) is 0 Å². The Morgan fingerprint density at radius 3 is 1.83 bits per heavy atom. The first-order chi connectivity index (χ1) is 13.7. The summed E-state index contributed by atoms with van der Waals surface area (Å²) in [5.74, 6) is -2.12. The molecule has 1 aromatic rings. The van der Waals surface area contributed by atoms with Crippen LogP contribution in [0.25, 0.3) is 0 Å². The van der Waals surface area contributed by atoms with E-state index >= 15 is 0 Å². The Labute approximate surface area is 180 Å². The van der Waals surface area contributed by atoms with Crippen molar-refractivity contribution in [2.24, 2.45) is 11.8 Å². The van der Waals surface area contributed by atoms with Crippen LogP contribution in [0.15, 0.2) is 30.3 Å². The molecular weight excluding hydrogens is 384 g/mol. The van der Waals surface area contributed by atoms with Crippen LogP contribution in [0.2, 0.25) is 0 Å².